The van der Waals surface area contributed by atoms with Crippen LogP contribution in [0.15, 0.2) is 24.3 Å². The lowest BCUT2D eigenvalue weighted by atomic mass is 9.80. The molecule has 0 amide bonds. The zero-order valence-electron chi connectivity index (χ0n) is 12.4. The zero-order chi connectivity index (χ0) is 14.2. The number of aromatic nitrogens is 2. The fourth-order valence-electron chi connectivity index (χ4n) is 2.43. The summed E-state index contributed by atoms with van der Waals surface area (Å²) in [6.07, 6.45) is 0. The van der Waals surface area contributed by atoms with Crippen molar-refractivity contribution in [3.05, 3.63) is 47.0 Å². The molecule has 0 aliphatic carbocycles. The fourth-order valence-corrected chi connectivity index (χ4v) is 2.43. The summed E-state index contributed by atoms with van der Waals surface area (Å²) in [5.41, 5.74) is 9.97. The first-order chi connectivity index (χ1) is 8.82. The summed E-state index contributed by atoms with van der Waals surface area (Å²) in [4.78, 5) is 8.18. The highest BCUT2D eigenvalue weighted by Crippen LogP contribution is 2.33. The summed E-state index contributed by atoms with van der Waals surface area (Å²) in [6, 6.07) is 8.05. The van der Waals surface area contributed by atoms with Crippen LogP contribution in [0.5, 0.6) is 0 Å². The van der Waals surface area contributed by atoms with Gasteiger partial charge in [-0.25, -0.2) is 4.98 Å². The molecule has 1 aromatic heterocycles. The molecule has 0 aliphatic heterocycles. The molecule has 3 N–H and O–H groups in total. The Morgan fingerprint density at radius 3 is 2.47 bits per heavy atom. The largest absolute Gasteiger partial charge is 0.399 e. The van der Waals surface area contributed by atoms with E-state index in [0.717, 1.165) is 22.9 Å². The highest BCUT2D eigenvalue weighted by atomic mass is 14.9. The van der Waals surface area contributed by atoms with Crippen LogP contribution < -0.4 is 5.73 Å². The number of nitrogen functional groups attached to an aromatic ring is 1. The molecule has 0 aliphatic rings. The number of aryl methyl sites for hydroxylation is 1. The maximum Gasteiger partial charge on any atom is 0.109 e. The molecule has 0 saturated carbocycles. The van der Waals surface area contributed by atoms with Crippen molar-refractivity contribution in [1.82, 2.24) is 9.97 Å². The Morgan fingerprint density at radius 2 is 1.95 bits per heavy atom. The van der Waals surface area contributed by atoms with Crippen molar-refractivity contribution >= 4 is 5.69 Å². The van der Waals surface area contributed by atoms with E-state index in [2.05, 4.69) is 45.7 Å². The molecule has 0 saturated heterocycles. The number of hydrogen-bond acceptors (Lipinski definition) is 2. The molecule has 0 fully saturated rings. The highest BCUT2D eigenvalue weighted by Gasteiger charge is 2.28. The van der Waals surface area contributed by atoms with Crippen LogP contribution in [-0.2, 0) is 5.41 Å². The number of benzene rings is 1. The smallest absolute Gasteiger partial charge is 0.109 e. The number of imidazole rings is 1. The average Bonchev–Trinajstić information content (AvgIpc) is 2.72. The summed E-state index contributed by atoms with van der Waals surface area (Å²) < 4.78 is 0. The number of aromatic amines is 1. The van der Waals surface area contributed by atoms with Gasteiger partial charge in [0, 0.05) is 22.7 Å². The van der Waals surface area contributed by atoms with Crippen LogP contribution in [0.1, 0.15) is 56.4 Å². The third-order valence-corrected chi connectivity index (χ3v) is 3.65. The number of nitrogens with zero attached hydrogens (tertiary/aromatic N) is 1. The third kappa shape index (κ3) is 2.50. The van der Waals surface area contributed by atoms with Crippen molar-refractivity contribution < 1.29 is 0 Å². The van der Waals surface area contributed by atoms with Crippen LogP contribution in [0.25, 0.3) is 0 Å². The van der Waals surface area contributed by atoms with Crippen LogP contribution >= 0.6 is 0 Å². The molecule has 2 rings (SSSR count). The van der Waals surface area contributed by atoms with Gasteiger partial charge in [0.1, 0.15) is 5.82 Å². The molecule has 1 heterocycles. The molecular formula is C16H23N3. The van der Waals surface area contributed by atoms with Gasteiger partial charge < -0.3 is 10.7 Å². The third-order valence-electron chi connectivity index (χ3n) is 3.65. The summed E-state index contributed by atoms with van der Waals surface area (Å²) in [7, 11) is 0. The van der Waals surface area contributed by atoms with Crippen LogP contribution in [-0.4, -0.2) is 9.97 Å². The van der Waals surface area contributed by atoms with Crippen molar-refractivity contribution in [3.63, 3.8) is 0 Å². The van der Waals surface area contributed by atoms with E-state index in [0.29, 0.717) is 5.92 Å². The van der Waals surface area contributed by atoms with E-state index in [4.69, 9.17) is 10.7 Å². The summed E-state index contributed by atoms with van der Waals surface area (Å²) >= 11 is 0. The van der Waals surface area contributed by atoms with E-state index >= 15 is 0 Å². The number of anilines is 1. The van der Waals surface area contributed by atoms with Gasteiger partial charge in [0.05, 0.1) is 5.69 Å². The van der Waals surface area contributed by atoms with Crippen molar-refractivity contribution in [2.24, 2.45) is 0 Å². The van der Waals surface area contributed by atoms with Crippen molar-refractivity contribution in [3.8, 4) is 0 Å². The Hall–Kier alpha value is -1.77. The van der Waals surface area contributed by atoms with Gasteiger partial charge in [0.15, 0.2) is 0 Å². The standard InChI is InChI=1S/C16H23N3/c1-10(2)15-18-11(3)14(19-15)16(4,5)12-7-6-8-13(17)9-12/h6-10H,17H2,1-5H3,(H,18,19). The first-order valence-electron chi connectivity index (χ1n) is 6.75. The Labute approximate surface area is 115 Å². The Kier molecular flexibility index (Phi) is 3.40. The maximum atomic E-state index is 5.90. The van der Waals surface area contributed by atoms with Gasteiger partial charge in [-0.2, -0.15) is 0 Å². The van der Waals surface area contributed by atoms with Gasteiger partial charge in [0.2, 0.25) is 0 Å². The molecule has 19 heavy (non-hydrogen) atoms. The Balaban J connectivity index is 2.50. The van der Waals surface area contributed by atoms with Gasteiger partial charge in [-0.05, 0) is 24.6 Å². The van der Waals surface area contributed by atoms with E-state index in [9.17, 15) is 0 Å². The number of nitrogens with two attached hydrogens (primary N) is 1. The van der Waals surface area contributed by atoms with Crippen LogP contribution in [0.3, 0.4) is 0 Å². The molecule has 3 heteroatoms. The first kappa shape index (κ1) is 13.7. The second-order valence-electron chi connectivity index (χ2n) is 6.00. The van der Waals surface area contributed by atoms with Crippen molar-refractivity contribution in [2.45, 2.75) is 46.0 Å². The molecule has 102 valence electrons. The molecule has 1 aromatic carbocycles. The minimum absolute atomic E-state index is 0.150. The summed E-state index contributed by atoms with van der Waals surface area (Å²) in [5, 5.41) is 0. The van der Waals surface area contributed by atoms with Crippen molar-refractivity contribution in [1.29, 1.82) is 0 Å². The lowest BCUT2D eigenvalue weighted by Crippen LogP contribution is -2.21. The van der Waals surface area contributed by atoms with Crippen LogP contribution in [0, 0.1) is 6.92 Å². The minimum atomic E-state index is -0.150. The lowest BCUT2D eigenvalue weighted by Gasteiger charge is -2.24. The molecule has 0 radical (unpaired) electrons. The molecular weight excluding hydrogens is 234 g/mol. The van der Waals surface area contributed by atoms with Gasteiger partial charge in [-0.1, -0.05) is 39.8 Å². The predicted molar refractivity (Wildman–Crippen MR) is 80.4 cm³/mol. The SMILES string of the molecule is Cc1[nH]c(C(C)C)nc1C(C)(C)c1cccc(N)c1. The zero-order valence-corrected chi connectivity index (χ0v) is 12.4. The number of rotatable bonds is 3. The van der Waals surface area contributed by atoms with E-state index in [1.165, 1.54) is 5.56 Å². The molecule has 2 aromatic rings. The highest BCUT2D eigenvalue weighted by molar-refractivity contribution is 5.46. The fraction of sp³-hybridized carbons (Fsp3) is 0.438. The molecule has 0 atom stereocenters. The maximum absolute atomic E-state index is 5.90. The number of hydrogen-bond donors (Lipinski definition) is 2. The lowest BCUT2D eigenvalue weighted by molar-refractivity contribution is 0.612. The monoisotopic (exact) mass is 257 g/mol. The Bertz CT molecular complexity index is 579. The Morgan fingerprint density at radius 1 is 1.26 bits per heavy atom. The van der Waals surface area contributed by atoms with Gasteiger partial charge in [0.25, 0.3) is 0 Å². The second kappa shape index (κ2) is 4.72. The topological polar surface area (TPSA) is 54.7 Å². The van der Waals surface area contributed by atoms with E-state index < -0.39 is 0 Å². The normalized spacial score (nSPS) is 12.1. The van der Waals surface area contributed by atoms with E-state index in [1.807, 2.05) is 18.2 Å². The molecule has 3 nitrogen and oxygen atoms in total. The second-order valence-corrected chi connectivity index (χ2v) is 6.00. The van der Waals surface area contributed by atoms with Gasteiger partial charge in [-0.15, -0.1) is 0 Å². The van der Waals surface area contributed by atoms with Gasteiger partial charge >= 0.3 is 0 Å². The first-order valence-corrected chi connectivity index (χ1v) is 6.75. The molecule has 0 bridgehead atoms. The predicted octanol–water partition coefficient (Wildman–Crippen LogP) is 3.75. The average molecular weight is 257 g/mol. The molecule has 0 unspecified atom stereocenters. The minimum Gasteiger partial charge on any atom is -0.399 e. The number of nitrogens with one attached hydrogen (secondary N) is 1. The summed E-state index contributed by atoms with van der Waals surface area (Å²) in [5.74, 6) is 1.45. The quantitative estimate of drug-likeness (QED) is 0.823. The van der Waals surface area contributed by atoms with Crippen LogP contribution in [0.2, 0.25) is 0 Å². The summed E-state index contributed by atoms with van der Waals surface area (Å²) in [6.45, 7) is 10.8. The van der Waals surface area contributed by atoms with Gasteiger partial charge in [-0.3, -0.25) is 0 Å². The van der Waals surface area contributed by atoms with E-state index in [-0.39, 0.29) is 5.41 Å². The van der Waals surface area contributed by atoms with Crippen LogP contribution in [0.4, 0.5) is 5.69 Å². The number of H-pyrrole nitrogens is 1. The van der Waals surface area contributed by atoms with E-state index in [1.54, 1.807) is 0 Å². The molecule has 0 spiro atoms. The van der Waals surface area contributed by atoms with Crippen molar-refractivity contribution in [2.75, 3.05) is 5.73 Å².